The van der Waals surface area contributed by atoms with Gasteiger partial charge in [-0.15, -0.1) is 0 Å². The average molecular weight is 463 g/mol. The maximum atomic E-state index is 6.31. The van der Waals surface area contributed by atoms with E-state index in [-0.39, 0.29) is 10.8 Å². The number of anilines is 2. The highest BCUT2D eigenvalue weighted by molar-refractivity contribution is 6.30. The van der Waals surface area contributed by atoms with E-state index >= 15 is 0 Å². The number of nitrogens with one attached hydrogen (secondary N) is 1. The number of allylic oxidation sites excluding steroid dienone is 6. The predicted octanol–water partition coefficient (Wildman–Crippen LogP) is 8.56. The van der Waals surface area contributed by atoms with Crippen LogP contribution in [0.2, 0.25) is 5.02 Å². The molecule has 1 heterocycles. The maximum absolute atomic E-state index is 6.31. The molecule has 0 radical (unpaired) electrons. The highest BCUT2D eigenvalue weighted by Gasteiger charge is 2.39. The van der Waals surface area contributed by atoms with Gasteiger partial charge in [-0.25, -0.2) is 0 Å². The van der Waals surface area contributed by atoms with Gasteiger partial charge in [0.1, 0.15) is 0 Å². The molecule has 0 atom stereocenters. The first-order valence-electron chi connectivity index (χ1n) is 12.1. The summed E-state index contributed by atoms with van der Waals surface area (Å²) in [5.74, 6) is 0. The Bertz CT molecular complexity index is 1070. The van der Waals surface area contributed by atoms with E-state index in [2.05, 4.69) is 119 Å². The van der Waals surface area contributed by atoms with E-state index in [9.17, 15) is 0 Å². The molecule has 0 spiro atoms. The van der Waals surface area contributed by atoms with E-state index < -0.39 is 0 Å². The Hall–Kier alpha value is -2.45. The summed E-state index contributed by atoms with van der Waals surface area (Å²) >= 11 is 6.31. The van der Waals surface area contributed by atoms with E-state index in [4.69, 9.17) is 11.6 Å². The maximum Gasteiger partial charge on any atom is 0.0450 e. The molecule has 0 saturated heterocycles. The molecule has 0 aliphatic carbocycles. The van der Waals surface area contributed by atoms with E-state index in [0.29, 0.717) is 0 Å². The van der Waals surface area contributed by atoms with Gasteiger partial charge in [-0.2, -0.15) is 0 Å². The van der Waals surface area contributed by atoms with Gasteiger partial charge >= 0.3 is 0 Å². The molecule has 0 amide bonds. The molecule has 0 unspecified atom stereocenters. The summed E-state index contributed by atoms with van der Waals surface area (Å²) in [7, 11) is 0. The van der Waals surface area contributed by atoms with Gasteiger partial charge in [-0.05, 0) is 74.1 Å². The van der Waals surface area contributed by atoms with Crippen molar-refractivity contribution in [2.45, 2.75) is 65.7 Å². The van der Waals surface area contributed by atoms with Crippen LogP contribution in [0, 0.1) is 6.92 Å². The zero-order chi connectivity index (χ0) is 24.2. The smallest absolute Gasteiger partial charge is 0.0450 e. The van der Waals surface area contributed by atoms with Crippen molar-refractivity contribution in [1.29, 1.82) is 0 Å². The molecule has 2 aromatic carbocycles. The van der Waals surface area contributed by atoms with Crippen LogP contribution in [-0.4, -0.2) is 13.1 Å². The second-order valence-corrected chi connectivity index (χ2v) is 10.5. The van der Waals surface area contributed by atoms with Crippen LogP contribution in [-0.2, 0) is 10.8 Å². The lowest BCUT2D eigenvalue weighted by Crippen LogP contribution is -2.25. The molecule has 0 fully saturated rings. The number of likely N-dealkylation sites (N-methyl/N-ethyl adjacent to an activating group) is 1. The van der Waals surface area contributed by atoms with Crippen LogP contribution in [0.25, 0.3) is 0 Å². The van der Waals surface area contributed by atoms with E-state index in [1.165, 1.54) is 33.8 Å². The Morgan fingerprint density at radius 2 is 1.79 bits per heavy atom. The van der Waals surface area contributed by atoms with Crippen LogP contribution in [0.1, 0.15) is 64.7 Å². The fourth-order valence-electron chi connectivity index (χ4n) is 4.81. The molecule has 3 rings (SSSR count). The Balaban J connectivity index is 1.74. The minimum absolute atomic E-state index is 0.00264. The van der Waals surface area contributed by atoms with Crippen LogP contribution in [0.15, 0.2) is 72.5 Å². The Morgan fingerprint density at radius 3 is 2.48 bits per heavy atom. The van der Waals surface area contributed by atoms with Gasteiger partial charge in [-0.3, -0.25) is 0 Å². The van der Waals surface area contributed by atoms with Crippen LogP contribution < -0.4 is 10.2 Å². The molecule has 1 aliphatic rings. The Labute approximate surface area is 206 Å². The number of hydrogen-bond acceptors (Lipinski definition) is 2. The summed E-state index contributed by atoms with van der Waals surface area (Å²) in [6.45, 7) is 17.6. The third-order valence-corrected chi connectivity index (χ3v) is 6.92. The molecule has 2 aromatic rings. The predicted molar refractivity (Wildman–Crippen MR) is 147 cm³/mol. The molecule has 176 valence electrons. The van der Waals surface area contributed by atoms with Gasteiger partial charge in [0.05, 0.1) is 0 Å². The van der Waals surface area contributed by atoms with Crippen LogP contribution >= 0.6 is 11.6 Å². The minimum Gasteiger partial charge on any atom is -0.385 e. The molecule has 0 saturated carbocycles. The SMILES string of the molecule is CCNc1ccc(Cl)cc1C(C)(C)C/C=C/C=C/C=C1/N(CC)c2ccc(C)cc2C1(C)C. The minimum atomic E-state index is -0.0167. The van der Waals surface area contributed by atoms with Gasteiger partial charge in [-0.1, -0.05) is 81.3 Å². The molecular formula is C30H39ClN2. The van der Waals surface area contributed by atoms with Crippen LogP contribution in [0.3, 0.4) is 0 Å². The average Bonchev–Trinajstić information content (AvgIpc) is 2.97. The number of rotatable bonds is 8. The second-order valence-electron chi connectivity index (χ2n) is 10.1. The molecule has 0 bridgehead atoms. The summed E-state index contributed by atoms with van der Waals surface area (Å²) in [6, 6.07) is 12.9. The van der Waals surface area contributed by atoms with Crippen LogP contribution in [0.4, 0.5) is 11.4 Å². The third kappa shape index (κ3) is 5.38. The van der Waals surface area contributed by atoms with Gasteiger partial charge in [0, 0.05) is 40.6 Å². The summed E-state index contributed by atoms with van der Waals surface area (Å²) in [5.41, 5.74) is 7.83. The van der Waals surface area contributed by atoms with E-state index in [1.807, 2.05) is 6.07 Å². The van der Waals surface area contributed by atoms with Gasteiger partial charge < -0.3 is 10.2 Å². The number of benzene rings is 2. The van der Waals surface area contributed by atoms with Gasteiger partial charge in [0.15, 0.2) is 0 Å². The lowest BCUT2D eigenvalue weighted by atomic mass is 9.80. The summed E-state index contributed by atoms with van der Waals surface area (Å²) in [6.07, 6.45) is 11.9. The summed E-state index contributed by atoms with van der Waals surface area (Å²) in [4.78, 5) is 2.44. The number of aryl methyl sites for hydroxylation is 1. The number of halogens is 1. The normalized spacial score (nSPS) is 16.8. The summed E-state index contributed by atoms with van der Waals surface area (Å²) in [5, 5.41) is 4.25. The Kier molecular flexibility index (Phi) is 7.80. The number of fused-ring (bicyclic) bond motifs is 1. The number of hydrogen-bond donors (Lipinski definition) is 1. The first-order chi connectivity index (χ1) is 15.6. The number of nitrogens with zero attached hydrogens (tertiary/aromatic N) is 1. The monoisotopic (exact) mass is 462 g/mol. The molecule has 1 aliphatic heterocycles. The van der Waals surface area contributed by atoms with Crippen molar-refractivity contribution in [3.63, 3.8) is 0 Å². The standard InChI is InChI=1S/C30H39ClN2/c1-8-32-26-17-16-23(31)21-24(26)29(4,5)19-13-11-10-12-14-28-30(6,7)25-20-22(3)15-18-27(25)33(28)9-2/h10-18,20-21,32H,8-9,19H2,1-7H3/b12-10+,13-11+,28-14+. The fraction of sp³-hybridized carbons (Fsp3) is 0.400. The van der Waals surface area contributed by atoms with Crippen LogP contribution in [0.5, 0.6) is 0 Å². The fourth-order valence-corrected chi connectivity index (χ4v) is 4.99. The molecule has 3 heteroatoms. The first kappa shape index (κ1) is 25.2. The lowest BCUT2D eigenvalue weighted by Gasteiger charge is -2.27. The highest BCUT2D eigenvalue weighted by Crippen LogP contribution is 2.47. The van der Waals surface area contributed by atoms with E-state index in [0.717, 1.165) is 24.5 Å². The van der Waals surface area contributed by atoms with Gasteiger partial charge in [0.2, 0.25) is 0 Å². The van der Waals surface area contributed by atoms with Crippen molar-refractivity contribution in [2.75, 3.05) is 23.3 Å². The third-order valence-electron chi connectivity index (χ3n) is 6.68. The molecule has 0 aromatic heterocycles. The molecule has 2 nitrogen and oxygen atoms in total. The highest BCUT2D eigenvalue weighted by atomic mass is 35.5. The Morgan fingerprint density at radius 1 is 1.03 bits per heavy atom. The van der Waals surface area contributed by atoms with Crippen molar-refractivity contribution in [3.05, 3.63) is 94.2 Å². The van der Waals surface area contributed by atoms with Crippen molar-refractivity contribution in [3.8, 4) is 0 Å². The second kappa shape index (κ2) is 10.2. The molecule has 33 heavy (non-hydrogen) atoms. The summed E-state index contributed by atoms with van der Waals surface area (Å²) < 4.78 is 0. The van der Waals surface area contributed by atoms with E-state index in [1.54, 1.807) is 0 Å². The van der Waals surface area contributed by atoms with Crippen molar-refractivity contribution < 1.29 is 0 Å². The van der Waals surface area contributed by atoms with Gasteiger partial charge in [0.25, 0.3) is 0 Å². The molecule has 1 N–H and O–H groups in total. The topological polar surface area (TPSA) is 15.3 Å². The molecular weight excluding hydrogens is 424 g/mol. The first-order valence-corrected chi connectivity index (χ1v) is 12.5. The van der Waals surface area contributed by atoms with Crippen molar-refractivity contribution in [2.24, 2.45) is 0 Å². The lowest BCUT2D eigenvalue weighted by molar-refractivity contribution is 0.535. The zero-order valence-electron chi connectivity index (χ0n) is 21.3. The largest absolute Gasteiger partial charge is 0.385 e. The quantitative estimate of drug-likeness (QED) is 0.395. The van der Waals surface area contributed by atoms with Crippen molar-refractivity contribution >= 4 is 23.0 Å². The zero-order valence-corrected chi connectivity index (χ0v) is 22.1. The van der Waals surface area contributed by atoms with Crippen molar-refractivity contribution in [1.82, 2.24) is 0 Å².